The summed E-state index contributed by atoms with van der Waals surface area (Å²) in [6, 6.07) is 10.2. The van der Waals surface area contributed by atoms with Gasteiger partial charge in [-0.2, -0.15) is 0 Å². The summed E-state index contributed by atoms with van der Waals surface area (Å²) in [5, 5.41) is 0.790. The zero-order valence-electron chi connectivity index (χ0n) is 15.6. The summed E-state index contributed by atoms with van der Waals surface area (Å²) in [4.78, 5) is 21.2. The zero-order chi connectivity index (χ0) is 19.7. The van der Waals surface area contributed by atoms with E-state index in [1.165, 1.54) is 17.4 Å². The number of amides is 1. The highest BCUT2D eigenvalue weighted by molar-refractivity contribution is 7.22. The van der Waals surface area contributed by atoms with Crippen LogP contribution in [0.2, 0.25) is 0 Å². The second-order valence-electron chi connectivity index (χ2n) is 6.43. The topological polar surface area (TPSA) is 54.9 Å². The van der Waals surface area contributed by atoms with Crippen molar-refractivity contribution in [3.63, 3.8) is 0 Å². The number of hydrogen-bond acceptors (Lipinski definition) is 6. The Balaban J connectivity index is 1.46. The first kappa shape index (κ1) is 18.5. The molecular formula is C20H20FN3O3S. The van der Waals surface area contributed by atoms with Gasteiger partial charge >= 0.3 is 0 Å². The number of anilines is 1. The Labute approximate surface area is 166 Å². The standard InChI is InChI=1S/C20H20FN3O3S/c1-26-15-7-6-13(12-16(15)27-2)19(25)23-8-10-24(11-9-23)20-22-18-14(21)4-3-5-17(18)28-20/h3-7,12H,8-11H2,1-2H3. The molecule has 1 aliphatic heterocycles. The maximum Gasteiger partial charge on any atom is 0.254 e. The first-order valence-corrected chi connectivity index (χ1v) is 9.73. The maximum absolute atomic E-state index is 13.9. The lowest BCUT2D eigenvalue weighted by Crippen LogP contribution is -2.48. The third kappa shape index (κ3) is 3.35. The van der Waals surface area contributed by atoms with E-state index in [4.69, 9.17) is 9.47 Å². The van der Waals surface area contributed by atoms with Crippen LogP contribution >= 0.6 is 11.3 Å². The molecule has 1 aliphatic rings. The fraction of sp³-hybridized carbons (Fsp3) is 0.300. The second-order valence-corrected chi connectivity index (χ2v) is 7.44. The lowest BCUT2D eigenvalue weighted by Gasteiger charge is -2.34. The number of benzene rings is 2. The third-order valence-corrected chi connectivity index (χ3v) is 5.91. The number of fused-ring (bicyclic) bond motifs is 1. The van der Waals surface area contributed by atoms with Gasteiger partial charge in [-0.05, 0) is 30.3 Å². The Hall–Kier alpha value is -2.87. The molecular weight excluding hydrogens is 381 g/mol. The molecule has 1 fully saturated rings. The van der Waals surface area contributed by atoms with Gasteiger partial charge in [0.25, 0.3) is 5.91 Å². The molecule has 3 aromatic rings. The second kappa shape index (κ2) is 7.63. The third-order valence-electron chi connectivity index (χ3n) is 4.83. The number of piperazine rings is 1. The van der Waals surface area contributed by atoms with Gasteiger partial charge in [0.15, 0.2) is 16.6 Å². The highest BCUT2D eigenvalue weighted by Crippen LogP contribution is 2.31. The summed E-state index contributed by atoms with van der Waals surface area (Å²) >= 11 is 1.47. The fourth-order valence-electron chi connectivity index (χ4n) is 3.29. The van der Waals surface area contributed by atoms with Crippen LogP contribution in [0.5, 0.6) is 11.5 Å². The summed E-state index contributed by atoms with van der Waals surface area (Å²) in [6.07, 6.45) is 0. The molecule has 2 heterocycles. The number of para-hydroxylation sites is 1. The zero-order valence-corrected chi connectivity index (χ0v) is 16.5. The average Bonchev–Trinajstić information content (AvgIpc) is 3.18. The van der Waals surface area contributed by atoms with Crippen LogP contribution in [0.3, 0.4) is 0 Å². The maximum atomic E-state index is 13.9. The van der Waals surface area contributed by atoms with Crippen LogP contribution in [-0.4, -0.2) is 56.2 Å². The number of ether oxygens (including phenoxy) is 2. The smallest absolute Gasteiger partial charge is 0.254 e. The molecule has 0 spiro atoms. The first-order valence-electron chi connectivity index (χ1n) is 8.92. The Bertz CT molecular complexity index is 1020. The average molecular weight is 401 g/mol. The van der Waals surface area contributed by atoms with Gasteiger partial charge in [0, 0.05) is 31.7 Å². The summed E-state index contributed by atoms with van der Waals surface area (Å²) in [7, 11) is 3.11. The number of halogens is 1. The van der Waals surface area contributed by atoms with Crippen LogP contribution < -0.4 is 14.4 Å². The first-order chi connectivity index (χ1) is 13.6. The van der Waals surface area contributed by atoms with Crippen molar-refractivity contribution in [1.82, 2.24) is 9.88 Å². The van der Waals surface area contributed by atoms with Crippen LogP contribution in [-0.2, 0) is 0 Å². The molecule has 4 rings (SSSR count). The number of rotatable bonds is 4. The van der Waals surface area contributed by atoms with Gasteiger partial charge in [-0.15, -0.1) is 0 Å². The SMILES string of the molecule is COc1ccc(C(=O)N2CCN(c3nc4c(F)cccc4s3)CC2)cc1OC. The van der Waals surface area contributed by atoms with Crippen LogP contribution in [0.15, 0.2) is 36.4 Å². The molecule has 1 saturated heterocycles. The van der Waals surface area contributed by atoms with E-state index in [0.29, 0.717) is 48.8 Å². The van der Waals surface area contributed by atoms with Gasteiger partial charge in [0.05, 0.1) is 18.9 Å². The van der Waals surface area contributed by atoms with Crippen LogP contribution in [0.25, 0.3) is 10.2 Å². The van der Waals surface area contributed by atoms with Gasteiger partial charge in [-0.1, -0.05) is 17.4 Å². The molecule has 0 radical (unpaired) electrons. The highest BCUT2D eigenvalue weighted by Gasteiger charge is 2.25. The molecule has 1 aromatic heterocycles. The molecule has 0 atom stereocenters. The fourth-order valence-corrected chi connectivity index (χ4v) is 4.32. The van der Waals surface area contributed by atoms with Gasteiger partial charge in [-0.3, -0.25) is 4.79 Å². The summed E-state index contributed by atoms with van der Waals surface area (Å²) in [5.41, 5.74) is 0.972. The van der Waals surface area contributed by atoms with Gasteiger partial charge < -0.3 is 19.3 Å². The molecule has 2 aromatic carbocycles. The van der Waals surface area contributed by atoms with Crippen molar-refractivity contribution < 1.29 is 18.7 Å². The molecule has 28 heavy (non-hydrogen) atoms. The van der Waals surface area contributed by atoms with Crippen LogP contribution in [0, 0.1) is 5.82 Å². The molecule has 146 valence electrons. The number of hydrogen-bond donors (Lipinski definition) is 0. The summed E-state index contributed by atoms with van der Waals surface area (Å²) < 4.78 is 25.2. The number of carbonyl (C=O) groups is 1. The minimum absolute atomic E-state index is 0.0454. The normalized spacial score (nSPS) is 14.4. The van der Waals surface area contributed by atoms with Crippen molar-refractivity contribution in [3.8, 4) is 11.5 Å². The highest BCUT2D eigenvalue weighted by atomic mass is 32.1. The van der Waals surface area contributed by atoms with Gasteiger partial charge in [0.2, 0.25) is 0 Å². The van der Waals surface area contributed by atoms with E-state index < -0.39 is 0 Å². The van der Waals surface area contributed by atoms with E-state index in [-0.39, 0.29) is 11.7 Å². The number of carbonyl (C=O) groups excluding carboxylic acids is 1. The molecule has 0 unspecified atom stereocenters. The Morgan fingerprint density at radius 1 is 1.07 bits per heavy atom. The summed E-state index contributed by atoms with van der Waals surface area (Å²) in [6.45, 7) is 2.46. The minimum atomic E-state index is -0.303. The molecule has 1 amide bonds. The molecule has 6 nitrogen and oxygen atoms in total. The Kier molecular flexibility index (Phi) is 5.04. The van der Waals surface area contributed by atoms with Crippen LogP contribution in [0.1, 0.15) is 10.4 Å². The Morgan fingerprint density at radius 2 is 1.82 bits per heavy atom. The van der Waals surface area contributed by atoms with Crippen molar-refractivity contribution in [1.29, 1.82) is 0 Å². The number of aromatic nitrogens is 1. The van der Waals surface area contributed by atoms with Crippen molar-refractivity contribution >= 4 is 32.6 Å². The van der Waals surface area contributed by atoms with E-state index >= 15 is 0 Å². The lowest BCUT2D eigenvalue weighted by molar-refractivity contribution is 0.0746. The minimum Gasteiger partial charge on any atom is -0.493 e. The van der Waals surface area contributed by atoms with E-state index in [0.717, 1.165) is 9.83 Å². The summed E-state index contributed by atoms with van der Waals surface area (Å²) in [5.74, 6) is 0.772. The van der Waals surface area contributed by atoms with E-state index in [9.17, 15) is 9.18 Å². The quantitative estimate of drug-likeness (QED) is 0.671. The van der Waals surface area contributed by atoms with Crippen molar-refractivity contribution in [2.24, 2.45) is 0 Å². The molecule has 0 saturated carbocycles. The number of nitrogens with zero attached hydrogens (tertiary/aromatic N) is 3. The van der Waals surface area contributed by atoms with Gasteiger partial charge in [-0.25, -0.2) is 9.37 Å². The van der Waals surface area contributed by atoms with Crippen molar-refractivity contribution in [2.45, 2.75) is 0 Å². The Morgan fingerprint density at radius 3 is 2.50 bits per heavy atom. The predicted molar refractivity (Wildman–Crippen MR) is 107 cm³/mol. The lowest BCUT2D eigenvalue weighted by atomic mass is 10.1. The molecule has 0 N–H and O–H groups in total. The van der Waals surface area contributed by atoms with Gasteiger partial charge in [0.1, 0.15) is 11.3 Å². The van der Waals surface area contributed by atoms with Crippen molar-refractivity contribution in [3.05, 3.63) is 47.8 Å². The number of thiazole rings is 1. The number of methoxy groups -OCH3 is 2. The molecule has 0 bridgehead atoms. The predicted octanol–water partition coefficient (Wildman–Crippen LogP) is 3.42. The van der Waals surface area contributed by atoms with E-state index in [1.54, 1.807) is 38.5 Å². The van der Waals surface area contributed by atoms with Crippen molar-refractivity contribution in [2.75, 3.05) is 45.3 Å². The van der Waals surface area contributed by atoms with Crippen LogP contribution in [0.4, 0.5) is 9.52 Å². The molecule has 8 heteroatoms. The largest absolute Gasteiger partial charge is 0.493 e. The molecule has 0 aliphatic carbocycles. The monoisotopic (exact) mass is 401 g/mol. The van der Waals surface area contributed by atoms with E-state index in [1.807, 2.05) is 11.0 Å². The van der Waals surface area contributed by atoms with E-state index in [2.05, 4.69) is 9.88 Å².